The second kappa shape index (κ2) is 7.62. The van der Waals surface area contributed by atoms with Gasteiger partial charge in [0.25, 0.3) is 0 Å². The van der Waals surface area contributed by atoms with Crippen molar-refractivity contribution in [3.63, 3.8) is 0 Å². The van der Waals surface area contributed by atoms with Crippen molar-refractivity contribution in [3.05, 3.63) is 12.2 Å². The molecule has 0 aliphatic carbocycles. The zero-order valence-electron chi connectivity index (χ0n) is 13.5. The molecule has 0 radical (unpaired) electrons. The highest BCUT2D eigenvalue weighted by Crippen LogP contribution is 2.27. The highest BCUT2D eigenvalue weighted by molar-refractivity contribution is 5.86. The van der Waals surface area contributed by atoms with Gasteiger partial charge in [0.15, 0.2) is 0 Å². The Morgan fingerprint density at radius 3 is 1.95 bits per heavy atom. The Labute approximate surface area is 118 Å². The number of carbonyl (C=O) groups excluding carboxylic acids is 2. The molecule has 2 heteroatoms. The zero-order chi connectivity index (χ0) is 15.2. The lowest BCUT2D eigenvalue weighted by Gasteiger charge is -2.23. The lowest BCUT2D eigenvalue weighted by Crippen LogP contribution is -2.19. The molecule has 0 heterocycles. The van der Waals surface area contributed by atoms with Gasteiger partial charge in [0.1, 0.15) is 11.6 Å². The molecule has 1 unspecified atom stereocenters. The van der Waals surface area contributed by atoms with Gasteiger partial charge in [0.05, 0.1) is 0 Å². The molecular formula is C17H30O2. The van der Waals surface area contributed by atoms with Crippen molar-refractivity contribution in [2.75, 3.05) is 0 Å². The predicted molar refractivity (Wildman–Crippen MR) is 81.1 cm³/mol. The third-order valence-electron chi connectivity index (χ3n) is 3.18. The standard InChI is InChI=1S/C17H30O2/c1-12(2)8-15(14(4)18)10-16(19)9-13(3)11-17(5,6)7/h13,15H,1,8-11H2,2-7H3/t13?,15-/m0/s1. The maximum atomic E-state index is 12.1. The van der Waals surface area contributed by atoms with Crippen molar-refractivity contribution in [1.29, 1.82) is 0 Å². The fraction of sp³-hybridized carbons (Fsp3) is 0.765. The summed E-state index contributed by atoms with van der Waals surface area (Å²) >= 11 is 0. The van der Waals surface area contributed by atoms with E-state index >= 15 is 0 Å². The van der Waals surface area contributed by atoms with E-state index in [0.29, 0.717) is 25.2 Å². The number of rotatable bonds is 8. The fourth-order valence-corrected chi connectivity index (χ4v) is 2.64. The van der Waals surface area contributed by atoms with Gasteiger partial charge in [-0.15, -0.1) is 6.58 Å². The first-order valence-corrected chi connectivity index (χ1v) is 7.18. The average molecular weight is 266 g/mol. The first-order chi connectivity index (χ1) is 8.51. The number of allylic oxidation sites excluding steroid dienone is 1. The molecule has 2 nitrogen and oxygen atoms in total. The van der Waals surface area contributed by atoms with Gasteiger partial charge in [-0.05, 0) is 38.0 Å². The fourth-order valence-electron chi connectivity index (χ4n) is 2.64. The van der Waals surface area contributed by atoms with Crippen LogP contribution in [0.1, 0.15) is 67.2 Å². The minimum atomic E-state index is -0.174. The van der Waals surface area contributed by atoms with Gasteiger partial charge >= 0.3 is 0 Å². The van der Waals surface area contributed by atoms with E-state index in [2.05, 4.69) is 34.3 Å². The molecule has 0 fully saturated rings. The number of carbonyl (C=O) groups is 2. The van der Waals surface area contributed by atoms with Crippen molar-refractivity contribution >= 4 is 11.6 Å². The minimum Gasteiger partial charge on any atom is -0.300 e. The highest BCUT2D eigenvalue weighted by Gasteiger charge is 2.22. The van der Waals surface area contributed by atoms with Crippen molar-refractivity contribution in [3.8, 4) is 0 Å². The molecule has 0 aliphatic rings. The second-order valence-corrected chi connectivity index (χ2v) is 7.29. The highest BCUT2D eigenvalue weighted by atomic mass is 16.1. The Hall–Kier alpha value is -0.920. The van der Waals surface area contributed by atoms with Crippen LogP contribution in [0.15, 0.2) is 12.2 Å². The summed E-state index contributed by atoms with van der Waals surface area (Å²) < 4.78 is 0. The van der Waals surface area contributed by atoms with Gasteiger partial charge < -0.3 is 0 Å². The van der Waals surface area contributed by atoms with E-state index in [4.69, 9.17) is 0 Å². The van der Waals surface area contributed by atoms with E-state index < -0.39 is 0 Å². The number of hydrogen-bond acceptors (Lipinski definition) is 2. The SMILES string of the molecule is C=C(C)C[C@@H](CC(=O)CC(C)CC(C)(C)C)C(C)=O. The van der Waals surface area contributed by atoms with Gasteiger partial charge in [-0.3, -0.25) is 9.59 Å². The molecule has 0 aromatic rings. The summed E-state index contributed by atoms with van der Waals surface area (Å²) in [5.41, 5.74) is 1.22. The van der Waals surface area contributed by atoms with Crippen molar-refractivity contribution in [2.45, 2.75) is 67.2 Å². The normalized spacial score (nSPS) is 14.8. The molecule has 0 aliphatic heterocycles. The zero-order valence-corrected chi connectivity index (χ0v) is 13.5. The largest absolute Gasteiger partial charge is 0.300 e. The molecule has 2 atom stereocenters. The van der Waals surface area contributed by atoms with Crippen LogP contribution in [0.4, 0.5) is 0 Å². The molecule has 0 saturated carbocycles. The van der Waals surface area contributed by atoms with E-state index in [0.717, 1.165) is 12.0 Å². The smallest absolute Gasteiger partial charge is 0.133 e. The van der Waals surface area contributed by atoms with Gasteiger partial charge in [0, 0.05) is 18.8 Å². The Morgan fingerprint density at radius 2 is 1.58 bits per heavy atom. The Kier molecular flexibility index (Phi) is 7.25. The van der Waals surface area contributed by atoms with Crippen molar-refractivity contribution < 1.29 is 9.59 Å². The van der Waals surface area contributed by atoms with Crippen LogP contribution in [-0.2, 0) is 9.59 Å². The van der Waals surface area contributed by atoms with Crippen LogP contribution in [0.5, 0.6) is 0 Å². The molecule has 110 valence electrons. The third-order valence-corrected chi connectivity index (χ3v) is 3.18. The van der Waals surface area contributed by atoms with E-state index in [1.54, 1.807) is 6.92 Å². The van der Waals surface area contributed by atoms with Crippen LogP contribution in [0, 0.1) is 17.3 Å². The monoisotopic (exact) mass is 266 g/mol. The number of Topliss-reactive ketones (excluding diaryl/α,β-unsaturated/α-hetero) is 2. The molecule has 0 aromatic heterocycles. The summed E-state index contributed by atoms with van der Waals surface area (Å²) in [6, 6.07) is 0. The summed E-state index contributed by atoms with van der Waals surface area (Å²) in [6.45, 7) is 16.0. The maximum Gasteiger partial charge on any atom is 0.133 e. The molecule has 0 N–H and O–H groups in total. The van der Waals surface area contributed by atoms with Gasteiger partial charge in [-0.1, -0.05) is 33.3 Å². The molecular weight excluding hydrogens is 236 g/mol. The minimum absolute atomic E-state index is 0.0971. The Morgan fingerprint density at radius 1 is 1.05 bits per heavy atom. The number of ketones is 2. The van der Waals surface area contributed by atoms with Crippen molar-refractivity contribution in [1.82, 2.24) is 0 Å². The van der Waals surface area contributed by atoms with Gasteiger partial charge in [-0.2, -0.15) is 0 Å². The van der Waals surface area contributed by atoms with E-state index in [9.17, 15) is 9.59 Å². The molecule has 0 saturated heterocycles. The van der Waals surface area contributed by atoms with E-state index in [1.165, 1.54) is 0 Å². The Balaban J connectivity index is 4.34. The molecule has 0 bridgehead atoms. The quantitative estimate of drug-likeness (QED) is 0.603. The van der Waals surface area contributed by atoms with Crippen LogP contribution < -0.4 is 0 Å². The Bertz CT molecular complexity index is 334. The van der Waals surface area contributed by atoms with Gasteiger partial charge in [-0.25, -0.2) is 0 Å². The molecule has 19 heavy (non-hydrogen) atoms. The summed E-state index contributed by atoms with van der Waals surface area (Å²) in [7, 11) is 0. The van der Waals surface area contributed by atoms with E-state index in [-0.39, 0.29) is 22.9 Å². The summed E-state index contributed by atoms with van der Waals surface area (Å²) in [5.74, 6) is 0.509. The molecule has 0 spiro atoms. The van der Waals surface area contributed by atoms with Crippen LogP contribution in [0.3, 0.4) is 0 Å². The second-order valence-electron chi connectivity index (χ2n) is 7.29. The van der Waals surface area contributed by atoms with Crippen LogP contribution in [0.2, 0.25) is 0 Å². The lowest BCUT2D eigenvalue weighted by molar-refractivity contribution is -0.127. The number of hydrogen-bond donors (Lipinski definition) is 0. The topological polar surface area (TPSA) is 34.1 Å². The summed E-state index contributed by atoms with van der Waals surface area (Å²) in [5, 5.41) is 0. The summed E-state index contributed by atoms with van der Waals surface area (Å²) in [4.78, 5) is 23.6. The van der Waals surface area contributed by atoms with Crippen LogP contribution >= 0.6 is 0 Å². The molecule has 0 amide bonds. The molecule has 0 aromatic carbocycles. The van der Waals surface area contributed by atoms with Crippen LogP contribution in [-0.4, -0.2) is 11.6 Å². The first kappa shape index (κ1) is 18.1. The van der Waals surface area contributed by atoms with E-state index in [1.807, 2.05) is 6.92 Å². The van der Waals surface area contributed by atoms with Gasteiger partial charge in [0.2, 0.25) is 0 Å². The average Bonchev–Trinajstić information content (AvgIpc) is 2.11. The maximum absolute atomic E-state index is 12.1. The first-order valence-electron chi connectivity index (χ1n) is 7.18. The van der Waals surface area contributed by atoms with Crippen molar-refractivity contribution in [2.24, 2.45) is 17.3 Å². The third kappa shape index (κ3) is 9.63. The lowest BCUT2D eigenvalue weighted by atomic mass is 9.82. The molecule has 0 rings (SSSR count). The summed E-state index contributed by atoms with van der Waals surface area (Å²) in [6.07, 6.45) is 2.62. The van der Waals surface area contributed by atoms with Crippen LogP contribution in [0.25, 0.3) is 0 Å². The predicted octanol–water partition coefficient (Wildman–Crippen LogP) is 4.58.